The van der Waals surface area contributed by atoms with E-state index in [0.717, 1.165) is 16.7 Å². The molecule has 1 saturated heterocycles. The van der Waals surface area contributed by atoms with Crippen LogP contribution in [0.5, 0.6) is 0 Å². The van der Waals surface area contributed by atoms with Crippen LogP contribution in [0.2, 0.25) is 5.02 Å². The van der Waals surface area contributed by atoms with Gasteiger partial charge in [-0.05, 0) is 30.2 Å². The van der Waals surface area contributed by atoms with E-state index in [2.05, 4.69) is 0 Å². The molecule has 0 unspecified atom stereocenters. The van der Waals surface area contributed by atoms with Crippen molar-refractivity contribution in [3.8, 4) is 0 Å². The van der Waals surface area contributed by atoms with Crippen molar-refractivity contribution in [3.05, 3.63) is 70.2 Å². The molecule has 1 fully saturated rings. The zero-order valence-corrected chi connectivity index (χ0v) is 15.7. The number of piperazine rings is 1. The summed E-state index contributed by atoms with van der Waals surface area (Å²) in [5.74, 6) is 0.221. The summed E-state index contributed by atoms with van der Waals surface area (Å²) in [6, 6.07) is 15.4. The van der Waals surface area contributed by atoms with Crippen molar-refractivity contribution in [3.63, 3.8) is 0 Å². The van der Waals surface area contributed by atoms with Crippen LogP contribution in [0, 0.1) is 6.92 Å². The fraction of sp³-hybridized carbons (Fsp3) is 0.333. The van der Waals surface area contributed by atoms with Crippen LogP contribution in [-0.2, 0) is 22.4 Å². The Morgan fingerprint density at radius 2 is 1.38 bits per heavy atom. The molecule has 1 aliphatic rings. The lowest BCUT2D eigenvalue weighted by Crippen LogP contribution is -2.51. The van der Waals surface area contributed by atoms with Gasteiger partial charge in [-0.1, -0.05) is 53.6 Å². The minimum Gasteiger partial charge on any atom is -0.339 e. The van der Waals surface area contributed by atoms with Crippen molar-refractivity contribution in [2.45, 2.75) is 19.8 Å². The lowest BCUT2D eigenvalue weighted by atomic mass is 10.1. The third-order valence-electron chi connectivity index (χ3n) is 4.69. The molecule has 0 aliphatic carbocycles. The van der Waals surface area contributed by atoms with Crippen molar-refractivity contribution in [1.82, 2.24) is 9.80 Å². The van der Waals surface area contributed by atoms with Crippen molar-refractivity contribution in [2.24, 2.45) is 0 Å². The molecule has 26 heavy (non-hydrogen) atoms. The Bertz CT molecular complexity index is 781. The van der Waals surface area contributed by atoms with Gasteiger partial charge in [-0.25, -0.2) is 0 Å². The third-order valence-corrected chi connectivity index (χ3v) is 4.94. The minimum absolute atomic E-state index is 0.0955. The average Bonchev–Trinajstić information content (AvgIpc) is 2.64. The molecule has 4 nitrogen and oxygen atoms in total. The van der Waals surface area contributed by atoms with Gasteiger partial charge in [0.2, 0.25) is 11.8 Å². The van der Waals surface area contributed by atoms with E-state index in [0.29, 0.717) is 44.0 Å². The molecule has 0 saturated carbocycles. The van der Waals surface area contributed by atoms with Gasteiger partial charge in [0.25, 0.3) is 0 Å². The molecular formula is C21H23ClN2O2. The molecule has 0 N–H and O–H groups in total. The van der Waals surface area contributed by atoms with Crippen LogP contribution in [0.1, 0.15) is 16.7 Å². The van der Waals surface area contributed by atoms with E-state index in [1.54, 1.807) is 12.1 Å². The molecule has 0 atom stereocenters. The highest BCUT2D eigenvalue weighted by Gasteiger charge is 2.24. The van der Waals surface area contributed by atoms with Gasteiger partial charge in [0.15, 0.2) is 0 Å². The summed E-state index contributed by atoms with van der Waals surface area (Å²) in [6.45, 7) is 4.39. The minimum atomic E-state index is 0.0955. The number of hydrogen-bond donors (Lipinski definition) is 0. The first kappa shape index (κ1) is 18.5. The highest BCUT2D eigenvalue weighted by Crippen LogP contribution is 2.13. The van der Waals surface area contributed by atoms with Crippen molar-refractivity contribution >= 4 is 23.4 Å². The zero-order chi connectivity index (χ0) is 18.5. The molecule has 2 aromatic rings. The summed E-state index contributed by atoms with van der Waals surface area (Å²) in [7, 11) is 0. The van der Waals surface area contributed by atoms with E-state index in [-0.39, 0.29) is 11.8 Å². The largest absolute Gasteiger partial charge is 0.339 e. The van der Waals surface area contributed by atoms with Crippen LogP contribution in [0.3, 0.4) is 0 Å². The monoisotopic (exact) mass is 370 g/mol. The summed E-state index contributed by atoms with van der Waals surface area (Å²) < 4.78 is 0. The van der Waals surface area contributed by atoms with E-state index in [4.69, 9.17) is 11.6 Å². The number of aryl methyl sites for hydroxylation is 1. The van der Waals surface area contributed by atoms with E-state index in [1.165, 1.54) is 0 Å². The average molecular weight is 371 g/mol. The van der Waals surface area contributed by atoms with Crippen LogP contribution >= 0.6 is 11.6 Å². The van der Waals surface area contributed by atoms with Gasteiger partial charge in [-0.2, -0.15) is 0 Å². The first-order valence-electron chi connectivity index (χ1n) is 8.87. The van der Waals surface area contributed by atoms with Crippen molar-refractivity contribution < 1.29 is 9.59 Å². The first-order chi connectivity index (χ1) is 12.5. The standard InChI is InChI=1S/C21H23ClN2O2/c1-16-3-2-4-18(13-16)15-21(26)24-11-9-23(10-12-24)20(25)14-17-5-7-19(22)8-6-17/h2-8,13H,9-12,14-15H2,1H3. The molecule has 2 amide bonds. The fourth-order valence-electron chi connectivity index (χ4n) is 3.20. The SMILES string of the molecule is Cc1cccc(CC(=O)N2CCN(C(=O)Cc3ccc(Cl)cc3)CC2)c1. The van der Waals surface area contributed by atoms with Gasteiger partial charge >= 0.3 is 0 Å². The topological polar surface area (TPSA) is 40.6 Å². The van der Waals surface area contributed by atoms with Gasteiger partial charge in [-0.3, -0.25) is 9.59 Å². The Kier molecular flexibility index (Phi) is 5.94. The second-order valence-corrected chi connectivity index (χ2v) is 7.17. The van der Waals surface area contributed by atoms with Crippen LogP contribution in [0.25, 0.3) is 0 Å². The van der Waals surface area contributed by atoms with Crippen LogP contribution < -0.4 is 0 Å². The van der Waals surface area contributed by atoms with E-state index in [9.17, 15) is 9.59 Å². The van der Waals surface area contributed by atoms with Gasteiger partial charge < -0.3 is 9.80 Å². The number of carbonyl (C=O) groups is 2. The van der Waals surface area contributed by atoms with Crippen LogP contribution in [0.4, 0.5) is 0 Å². The summed E-state index contributed by atoms with van der Waals surface area (Å²) in [4.78, 5) is 28.6. The number of rotatable bonds is 4. The van der Waals surface area contributed by atoms with Gasteiger partial charge in [0.05, 0.1) is 12.8 Å². The Balaban J connectivity index is 1.49. The Hall–Kier alpha value is -2.33. The van der Waals surface area contributed by atoms with E-state index in [1.807, 2.05) is 53.1 Å². The lowest BCUT2D eigenvalue weighted by Gasteiger charge is -2.35. The Morgan fingerprint density at radius 3 is 1.92 bits per heavy atom. The van der Waals surface area contributed by atoms with Gasteiger partial charge in [0, 0.05) is 31.2 Å². The predicted octanol–water partition coefficient (Wildman–Crippen LogP) is 3.10. The predicted molar refractivity (Wildman–Crippen MR) is 103 cm³/mol. The fourth-order valence-corrected chi connectivity index (χ4v) is 3.33. The molecule has 0 radical (unpaired) electrons. The Morgan fingerprint density at radius 1 is 0.846 bits per heavy atom. The molecule has 1 aliphatic heterocycles. The number of amides is 2. The molecule has 2 aromatic carbocycles. The second-order valence-electron chi connectivity index (χ2n) is 6.73. The second kappa shape index (κ2) is 8.37. The highest BCUT2D eigenvalue weighted by molar-refractivity contribution is 6.30. The van der Waals surface area contributed by atoms with Crippen LogP contribution in [0.15, 0.2) is 48.5 Å². The molecule has 0 aromatic heterocycles. The summed E-state index contributed by atoms with van der Waals surface area (Å²) in [6.07, 6.45) is 0.787. The maximum Gasteiger partial charge on any atom is 0.227 e. The number of benzene rings is 2. The molecular weight excluding hydrogens is 348 g/mol. The number of carbonyl (C=O) groups excluding carboxylic acids is 2. The van der Waals surface area contributed by atoms with E-state index >= 15 is 0 Å². The smallest absolute Gasteiger partial charge is 0.227 e. The summed E-state index contributed by atoms with van der Waals surface area (Å²) in [5.41, 5.74) is 3.15. The van der Waals surface area contributed by atoms with Gasteiger partial charge in [0.1, 0.15) is 0 Å². The Labute approximate surface area is 159 Å². The molecule has 0 bridgehead atoms. The maximum atomic E-state index is 12.5. The highest BCUT2D eigenvalue weighted by atomic mass is 35.5. The third kappa shape index (κ3) is 4.85. The summed E-state index contributed by atoms with van der Waals surface area (Å²) in [5, 5.41) is 0.668. The zero-order valence-electron chi connectivity index (χ0n) is 15.0. The van der Waals surface area contributed by atoms with Crippen molar-refractivity contribution in [1.29, 1.82) is 0 Å². The molecule has 3 rings (SSSR count). The molecule has 1 heterocycles. The normalized spacial score (nSPS) is 14.4. The number of halogens is 1. The quantitative estimate of drug-likeness (QED) is 0.829. The summed E-state index contributed by atoms with van der Waals surface area (Å²) >= 11 is 5.88. The maximum absolute atomic E-state index is 12.5. The molecule has 5 heteroatoms. The molecule has 136 valence electrons. The number of nitrogens with zero attached hydrogens (tertiary/aromatic N) is 2. The molecule has 0 spiro atoms. The van der Waals surface area contributed by atoms with Crippen molar-refractivity contribution in [2.75, 3.05) is 26.2 Å². The van der Waals surface area contributed by atoms with E-state index < -0.39 is 0 Å². The van der Waals surface area contributed by atoms with Crippen LogP contribution in [-0.4, -0.2) is 47.8 Å². The first-order valence-corrected chi connectivity index (χ1v) is 9.24. The number of hydrogen-bond acceptors (Lipinski definition) is 2. The van der Waals surface area contributed by atoms with Gasteiger partial charge in [-0.15, -0.1) is 0 Å². The lowest BCUT2D eigenvalue weighted by molar-refractivity contribution is -0.138.